The lowest BCUT2D eigenvalue weighted by Gasteiger charge is -2.26. The Bertz CT molecular complexity index is 853. The number of anilines is 1. The molecule has 0 unspecified atom stereocenters. The Balaban J connectivity index is 1.54. The van der Waals surface area contributed by atoms with Crippen LogP contribution in [0.4, 0.5) is 5.69 Å². The standard InChI is InChI=1S/C21H30N6O/c1-15-19(16(2)26(4)25-15)14-24-21(22-3)23-13-17-8-10-18(11-9-17)27-12-6-5-7-20(27)28/h8-11H,5-7,12-14H2,1-4H3,(H2,22,23,24). The second-order valence-electron chi connectivity index (χ2n) is 7.22. The SMILES string of the molecule is CN=C(NCc1ccc(N2CCCCC2=O)cc1)NCc1c(C)nn(C)c1C. The van der Waals surface area contributed by atoms with E-state index in [4.69, 9.17) is 0 Å². The van der Waals surface area contributed by atoms with Gasteiger partial charge in [-0.2, -0.15) is 5.10 Å². The summed E-state index contributed by atoms with van der Waals surface area (Å²) in [6, 6.07) is 8.18. The minimum Gasteiger partial charge on any atom is -0.352 e. The van der Waals surface area contributed by atoms with Gasteiger partial charge in [0, 0.05) is 57.1 Å². The van der Waals surface area contributed by atoms with Crippen molar-refractivity contribution in [3.05, 3.63) is 46.8 Å². The topological polar surface area (TPSA) is 74.6 Å². The van der Waals surface area contributed by atoms with E-state index >= 15 is 0 Å². The third kappa shape index (κ3) is 4.52. The number of nitrogens with zero attached hydrogens (tertiary/aromatic N) is 4. The molecule has 1 fully saturated rings. The van der Waals surface area contributed by atoms with Gasteiger partial charge in [0.05, 0.1) is 5.69 Å². The number of benzene rings is 1. The number of hydrogen-bond acceptors (Lipinski definition) is 3. The first-order chi connectivity index (χ1) is 13.5. The number of carbonyl (C=O) groups excluding carboxylic acids is 1. The number of rotatable bonds is 5. The summed E-state index contributed by atoms with van der Waals surface area (Å²) in [6.45, 7) is 6.26. The fraction of sp³-hybridized carbons (Fsp3) is 0.476. The quantitative estimate of drug-likeness (QED) is 0.615. The molecule has 3 rings (SSSR count). The van der Waals surface area contributed by atoms with Gasteiger partial charge in [-0.25, -0.2) is 0 Å². The molecule has 0 bridgehead atoms. The second-order valence-corrected chi connectivity index (χ2v) is 7.22. The molecule has 2 aromatic rings. The van der Waals surface area contributed by atoms with Gasteiger partial charge in [-0.15, -0.1) is 0 Å². The summed E-state index contributed by atoms with van der Waals surface area (Å²) < 4.78 is 1.90. The van der Waals surface area contributed by atoms with Crippen molar-refractivity contribution in [2.75, 3.05) is 18.5 Å². The molecule has 0 radical (unpaired) electrons. The van der Waals surface area contributed by atoms with Crippen molar-refractivity contribution in [1.82, 2.24) is 20.4 Å². The third-order valence-corrected chi connectivity index (χ3v) is 5.35. The molecule has 1 aromatic heterocycles. The van der Waals surface area contributed by atoms with Crippen LogP contribution in [0.25, 0.3) is 0 Å². The summed E-state index contributed by atoms with van der Waals surface area (Å²) in [4.78, 5) is 18.2. The maximum atomic E-state index is 12.1. The Morgan fingerprint density at radius 3 is 2.46 bits per heavy atom. The van der Waals surface area contributed by atoms with Gasteiger partial charge < -0.3 is 15.5 Å². The molecule has 0 aliphatic carbocycles. The van der Waals surface area contributed by atoms with Crippen molar-refractivity contribution in [3.8, 4) is 0 Å². The van der Waals surface area contributed by atoms with E-state index in [1.54, 1.807) is 7.05 Å². The van der Waals surface area contributed by atoms with Crippen LogP contribution in [0.1, 0.15) is 41.8 Å². The Morgan fingerprint density at radius 1 is 1.14 bits per heavy atom. The van der Waals surface area contributed by atoms with Crippen LogP contribution in [-0.2, 0) is 24.9 Å². The Morgan fingerprint density at radius 2 is 1.86 bits per heavy atom. The highest BCUT2D eigenvalue weighted by Gasteiger charge is 2.19. The van der Waals surface area contributed by atoms with Crippen LogP contribution in [0.3, 0.4) is 0 Å². The number of nitrogens with one attached hydrogen (secondary N) is 2. The van der Waals surface area contributed by atoms with E-state index in [0.29, 0.717) is 19.5 Å². The highest BCUT2D eigenvalue weighted by molar-refractivity contribution is 5.93. The van der Waals surface area contributed by atoms with Gasteiger partial charge in [0.25, 0.3) is 0 Å². The van der Waals surface area contributed by atoms with Gasteiger partial charge in [0.1, 0.15) is 0 Å². The van der Waals surface area contributed by atoms with Crippen molar-refractivity contribution in [3.63, 3.8) is 0 Å². The molecule has 0 atom stereocenters. The minimum absolute atomic E-state index is 0.225. The molecule has 1 aliphatic heterocycles. The van der Waals surface area contributed by atoms with Crippen LogP contribution in [0, 0.1) is 13.8 Å². The number of aryl methyl sites for hydroxylation is 2. The first-order valence-electron chi connectivity index (χ1n) is 9.82. The summed E-state index contributed by atoms with van der Waals surface area (Å²) in [6.07, 6.45) is 2.73. The number of aromatic nitrogens is 2. The smallest absolute Gasteiger partial charge is 0.226 e. The molecule has 1 amide bonds. The van der Waals surface area contributed by atoms with Crippen LogP contribution in [0.15, 0.2) is 29.3 Å². The molecule has 2 heterocycles. The lowest BCUT2D eigenvalue weighted by molar-refractivity contribution is -0.119. The van der Waals surface area contributed by atoms with E-state index in [-0.39, 0.29) is 5.91 Å². The van der Waals surface area contributed by atoms with Crippen LogP contribution in [0.5, 0.6) is 0 Å². The van der Waals surface area contributed by atoms with Gasteiger partial charge in [-0.1, -0.05) is 12.1 Å². The molecule has 1 aromatic carbocycles. The maximum absolute atomic E-state index is 12.1. The van der Waals surface area contributed by atoms with E-state index in [0.717, 1.165) is 48.0 Å². The fourth-order valence-corrected chi connectivity index (χ4v) is 3.52. The van der Waals surface area contributed by atoms with Crippen molar-refractivity contribution in [2.45, 2.75) is 46.2 Å². The fourth-order valence-electron chi connectivity index (χ4n) is 3.52. The molecule has 7 heteroatoms. The van der Waals surface area contributed by atoms with E-state index in [2.05, 4.69) is 39.8 Å². The van der Waals surface area contributed by atoms with Crippen LogP contribution in [-0.4, -0.2) is 35.2 Å². The molecule has 1 aliphatic rings. The van der Waals surface area contributed by atoms with E-state index in [9.17, 15) is 4.79 Å². The average Bonchev–Trinajstić information content (AvgIpc) is 2.94. The summed E-state index contributed by atoms with van der Waals surface area (Å²) in [5.74, 6) is 0.973. The normalized spacial score (nSPS) is 15.1. The van der Waals surface area contributed by atoms with Crippen LogP contribution >= 0.6 is 0 Å². The zero-order valence-corrected chi connectivity index (χ0v) is 17.2. The van der Waals surface area contributed by atoms with Gasteiger partial charge in [0.15, 0.2) is 5.96 Å². The number of aliphatic imine (C=N–C) groups is 1. The predicted molar refractivity (Wildman–Crippen MR) is 112 cm³/mol. The second kappa shape index (κ2) is 8.91. The Labute approximate surface area is 166 Å². The summed E-state index contributed by atoms with van der Waals surface area (Å²) in [5.41, 5.74) is 5.51. The Hall–Kier alpha value is -2.83. The zero-order chi connectivity index (χ0) is 20.1. The number of guanidine groups is 1. The lowest BCUT2D eigenvalue weighted by Crippen LogP contribution is -2.36. The monoisotopic (exact) mass is 382 g/mol. The van der Waals surface area contributed by atoms with Crippen molar-refractivity contribution in [2.24, 2.45) is 12.0 Å². The van der Waals surface area contributed by atoms with E-state index in [1.165, 1.54) is 5.56 Å². The number of piperidine rings is 1. The number of amides is 1. The van der Waals surface area contributed by atoms with Gasteiger partial charge in [-0.05, 0) is 44.4 Å². The Kier molecular flexibility index (Phi) is 6.34. The molecule has 7 nitrogen and oxygen atoms in total. The van der Waals surface area contributed by atoms with E-state index in [1.807, 2.05) is 35.7 Å². The van der Waals surface area contributed by atoms with Crippen LogP contribution < -0.4 is 15.5 Å². The van der Waals surface area contributed by atoms with Crippen molar-refractivity contribution >= 4 is 17.6 Å². The highest BCUT2D eigenvalue weighted by atomic mass is 16.2. The summed E-state index contributed by atoms with van der Waals surface area (Å²) in [7, 11) is 3.73. The molecule has 150 valence electrons. The van der Waals surface area contributed by atoms with Crippen molar-refractivity contribution < 1.29 is 4.79 Å². The van der Waals surface area contributed by atoms with Crippen LogP contribution in [0.2, 0.25) is 0 Å². The number of hydrogen-bond donors (Lipinski definition) is 2. The molecular weight excluding hydrogens is 352 g/mol. The zero-order valence-electron chi connectivity index (χ0n) is 17.2. The summed E-state index contributed by atoms with van der Waals surface area (Å²) in [5, 5.41) is 11.1. The maximum Gasteiger partial charge on any atom is 0.226 e. The van der Waals surface area contributed by atoms with Gasteiger partial charge in [-0.3, -0.25) is 14.5 Å². The molecule has 2 N–H and O–H groups in total. The summed E-state index contributed by atoms with van der Waals surface area (Å²) >= 11 is 0. The highest BCUT2D eigenvalue weighted by Crippen LogP contribution is 2.21. The average molecular weight is 383 g/mol. The number of carbonyl (C=O) groups is 1. The van der Waals surface area contributed by atoms with E-state index < -0.39 is 0 Å². The van der Waals surface area contributed by atoms with Gasteiger partial charge >= 0.3 is 0 Å². The molecule has 0 spiro atoms. The lowest BCUT2D eigenvalue weighted by atomic mass is 10.1. The van der Waals surface area contributed by atoms with Crippen molar-refractivity contribution in [1.29, 1.82) is 0 Å². The molecule has 28 heavy (non-hydrogen) atoms. The predicted octanol–water partition coefficient (Wildman–Crippen LogP) is 2.42. The minimum atomic E-state index is 0.225. The first-order valence-corrected chi connectivity index (χ1v) is 9.82. The third-order valence-electron chi connectivity index (χ3n) is 5.35. The largest absolute Gasteiger partial charge is 0.352 e. The molecular formula is C21H30N6O. The van der Waals surface area contributed by atoms with Gasteiger partial charge in [0.2, 0.25) is 5.91 Å². The molecule has 1 saturated heterocycles. The molecule has 0 saturated carbocycles. The first kappa shape index (κ1) is 19.9.